The molecule has 0 heterocycles. The summed E-state index contributed by atoms with van der Waals surface area (Å²) in [6.45, 7) is 0. The first-order valence-corrected chi connectivity index (χ1v) is 5.92. The summed E-state index contributed by atoms with van der Waals surface area (Å²) in [5.41, 5.74) is -1.57. The van der Waals surface area contributed by atoms with Crippen LogP contribution in [-0.2, 0) is 6.18 Å². The van der Waals surface area contributed by atoms with Gasteiger partial charge >= 0.3 is 6.18 Å². The third kappa shape index (κ3) is 3.78. The third-order valence-corrected chi connectivity index (χ3v) is 3.30. The van der Waals surface area contributed by atoms with Crippen molar-refractivity contribution in [2.24, 2.45) is 0 Å². The van der Waals surface area contributed by atoms with Crippen LogP contribution < -0.4 is 0 Å². The number of hydrogen-bond donors (Lipinski definition) is 0. The van der Waals surface area contributed by atoms with Crippen molar-refractivity contribution < 1.29 is 18.1 Å². The summed E-state index contributed by atoms with van der Waals surface area (Å²) in [5.74, 6) is 0.515. The van der Waals surface area contributed by atoms with Crippen LogP contribution in [0.25, 0.3) is 0 Å². The Bertz CT molecular complexity index is 425. The highest BCUT2D eigenvalue weighted by molar-refractivity contribution is 7.99. The van der Waals surface area contributed by atoms with Crippen LogP contribution in [0.2, 0.25) is 0 Å². The molecule has 0 aliphatic rings. The summed E-state index contributed by atoms with van der Waals surface area (Å²) in [5, 5.41) is 10.4. The van der Waals surface area contributed by atoms with Crippen LogP contribution in [0.1, 0.15) is 5.56 Å². The molecular formula is C9H7ClF3NO2S. The molecule has 1 aromatic rings. The maximum Gasteiger partial charge on any atom is 0.417 e. The minimum absolute atomic E-state index is 0.0521. The van der Waals surface area contributed by atoms with E-state index in [1.54, 1.807) is 0 Å². The zero-order valence-electron chi connectivity index (χ0n) is 8.33. The molecule has 0 bridgehead atoms. The van der Waals surface area contributed by atoms with Crippen molar-refractivity contribution in [2.75, 3.05) is 11.6 Å². The van der Waals surface area contributed by atoms with E-state index in [0.29, 0.717) is 11.8 Å². The lowest BCUT2D eigenvalue weighted by Gasteiger charge is -2.11. The van der Waals surface area contributed by atoms with Crippen LogP contribution in [0.5, 0.6) is 0 Å². The zero-order chi connectivity index (χ0) is 13.1. The number of nitro groups is 1. The Labute approximate surface area is 104 Å². The van der Waals surface area contributed by atoms with Crippen molar-refractivity contribution in [3.8, 4) is 0 Å². The molecule has 0 aliphatic carbocycles. The molecule has 94 valence electrons. The monoisotopic (exact) mass is 285 g/mol. The van der Waals surface area contributed by atoms with E-state index < -0.39 is 22.4 Å². The molecule has 0 saturated carbocycles. The Kier molecular flexibility index (Phi) is 4.64. The second-order valence-electron chi connectivity index (χ2n) is 2.97. The quantitative estimate of drug-likeness (QED) is 0.364. The zero-order valence-corrected chi connectivity index (χ0v) is 9.90. The summed E-state index contributed by atoms with van der Waals surface area (Å²) in [6.07, 6.45) is -4.61. The van der Waals surface area contributed by atoms with Gasteiger partial charge in [0.2, 0.25) is 0 Å². The van der Waals surface area contributed by atoms with E-state index in [1.807, 2.05) is 0 Å². The van der Waals surface area contributed by atoms with Crippen LogP contribution in [0.4, 0.5) is 18.9 Å². The molecule has 0 N–H and O–H groups in total. The second-order valence-corrected chi connectivity index (χ2v) is 4.49. The maximum atomic E-state index is 12.7. The van der Waals surface area contributed by atoms with E-state index in [2.05, 4.69) is 0 Å². The second kappa shape index (κ2) is 5.59. The van der Waals surface area contributed by atoms with E-state index in [9.17, 15) is 23.3 Å². The number of benzene rings is 1. The summed E-state index contributed by atoms with van der Waals surface area (Å²) in [7, 11) is 0. The topological polar surface area (TPSA) is 43.1 Å². The fourth-order valence-electron chi connectivity index (χ4n) is 1.13. The van der Waals surface area contributed by atoms with Crippen molar-refractivity contribution >= 4 is 29.1 Å². The molecule has 0 radical (unpaired) electrons. The molecule has 0 fully saturated rings. The van der Waals surface area contributed by atoms with E-state index >= 15 is 0 Å². The molecular weight excluding hydrogens is 279 g/mol. The van der Waals surface area contributed by atoms with Crippen molar-refractivity contribution in [1.82, 2.24) is 0 Å². The molecule has 0 atom stereocenters. The van der Waals surface area contributed by atoms with Gasteiger partial charge < -0.3 is 0 Å². The largest absolute Gasteiger partial charge is 0.417 e. The molecule has 8 heteroatoms. The van der Waals surface area contributed by atoms with Crippen molar-refractivity contribution in [3.63, 3.8) is 0 Å². The third-order valence-electron chi connectivity index (χ3n) is 1.81. The number of hydrogen-bond acceptors (Lipinski definition) is 3. The highest BCUT2D eigenvalue weighted by Crippen LogP contribution is 2.38. The predicted molar refractivity (Wildman–Crippen MR) is 59.5 cm³/mol. The lowest BCUT2D eigenvalue weighted by molar-refractivity contribution is -0.385. The first kappa shape index (κ1) is 14.1. The molecule has 0 aromatic heterocycles. The fourth-order valence-corrected chi connectivity index (χ4v) is 2.15. The van der Waals surface area contributed by atoms with Gasteiger partial charge in [-0.15, -0.1) is 23.4 Å². The number of alkyl halides is 4. The highest BCUT2D eigenvalue weighted by Gasteiger charge is 2.35. The molecule has 1 rings (SSSR count). The van der Waals surface area contributed by atoms with Crippen LogP contribution in [0.3, 0.4) is 0 Å². The van der Waals surface area contributed by atoms with E-state index in [0.717, 1.165) is 23.9 Å². The van der Waals surface area contributed by atoms with Gasteiger partial charge in [-0.1, -0.05) is 0 Å². The van der Waals surface area contributed by atoms with Gasteiger partial charge in [0, 0.05) is 28.7 Å². The Balaban J connectivity index is 3.17. The summed E-state index contributed by atoms with van der Waals surface area (Å²) >= 11 is 6.31. The Hall–Kier alpha value is -0.950. The van der Waals surface area contributed by atoms with E-state index in [1.165, 1.54) is 0 Å². The molecule has 0 saturated heterocycles. The van der Waals surface area contributed by atoms with Crippen molar-refractivity contribution in [1.29, 1.82) is 0 Å². The van der Waals surface area contributed by atoms with Gasteiger partial charge in [0.05, 0.1) is 10.5 Å². The number of rotatable bonds is 4. The molecule has 0 spiro atoms. The Morgan fingerprint density at radius 2 is 2.06 bits per heavy atom. The van der Waals surface area contributed by atoms with Crippen LogP contribution in [0, 0.1) is 10.1 Å². The SMILES string of the molecule is O=[N+]([O-])c1ccc(SCCCl)c(C(F)(F)F)c1. The molecule has 0 aliphatic heterocycles. The van der Waals surface area contributed by atoms with Gasteiger partial charge in [-0.25, -0.2) is 0 Å². The van der Waals surface area contributed by atoms with Gasteiger partial charge in [0.1, 0.15) is 0 Å². The molecule has 0 unspecified atom stereocenters. The van der Waals surface area contributed by atoms with Gasteiger partial charge in [0.25, 0.3) is 5.69 Å². The lowest BCUT2D eigenvalue weighted by Crippen LogP contribution is -2.08. The standard InChI is InChI=1S/C9H7ClF3NO2S/c10-3-4-17-8-2-1-6(14(15)16)5-7(8)9(11,12)13/h1-2,5H,3-4H2. The fraction of sp³-hybridized carbons (Fsp3) is 0.333. The lowest BCUT2D eigenvalue weighted by atomic mass is 10.2. The van der Waals surface area contributed by atoms with Gasteiger partial charge in [-0.05, 0) is 6.07 Å². The van der Waals surface area contributed by atoms with Crippen molar-refractivity contribution in [3.05, 3.63) is 33.9 Å². The average molecular weight is 286 g/mol. The normalized spacial score (nSPS) is 11.5. The van der Waals surface area contributed by atoms with E-state index in [4.69, 9.17) is 11.6 Å². The number of non-ortho nitro benzene ring substituents is 1. The van der Waals surface area contributed by atoms with Crippen LogP contribution >= 0.6 is 23.4 Å². The Morgan fingerprint density at radius 3 is 2.53 bits per heavy atom. The number of halogens is 4. The van der Waals surface area contributed by atoms with Crippen LogP contribution in [0.15, 0.2) is 23.1 Å². The van der Waals surface area contributed by atoms with Gasteiger partial charge in [-0.2, -0.15) is 13.2 Å². The first-order valence-electron chi connectivity index (χ1n) is 4.40. The molecule has 3 nitrogen and oxygen atoms in total. The minimum atomic E-state index is -4.61. The molecule has 17 heavy (non-hydrogen) atoms. The highest BCUT2D eigenvalue weighted by atomic mass is 35.5. The summed E-state index contributed by atoms with van der Waals surface area (Å²) in [4.78, 5) is 9.51. The summed E-state index contributed by atoms with van der Waals surface area (Å²) < 4.78 is 38.0. The maximum absolute atomic E-state index is 12.7. The van der Waals surface area contributed by atoms with E-state index in [-0.39, 0.29) is 10.8 Å². The summed E-state index contributed by atoms with van der Waals surface area (Å²) in [6, 6.07) is 2.68. The number of thioether (sulfide) groups is 1. The minimum Gasteiger partial charge on any atom is -0.258 e. The van der Waals surface area contributed by atoms with Gasteiger partial charge in [-0.3, -0.25) is 10.1 Å². The van der Waals surface area contributed by atoms with Crippen molar-refractivity contribution in [2.45, 2.75) is 11.1 Å². The number of nitro benzene ring substituents is 1. The van der Waals surface area contributed by atoms with Crippen LogP contribution in [-0.4, -0.2) is 16.6 Å². The first-order chi connectivity index (χ1) is 7.86. The Morgan fingerprint density at radius 1 is 1.41 bits per heavy atom. The molecule has 0 amide bonds. The van der Waals surface area contributed by atoms with Gasteiger partial charge in [0.15, 0.2) is 0 Å². The predicted octanol–water partition coefficient (Wildman–Crippen LogP) is 3.94. The molecule has 1 aromatic carbocycles. The average Bonchev–Trinajstić information content (AvgIpc) is 2.24. The number of nitrogens with zero attached hydrogens (tertiary/aromatic N) is 1. The smallest absolute Gasteiger partial charge is 0.258 e.